The normalized spacial score (nSPS) is 24.2. The van der Waals surface area contributed by atoms with E-state index in [-0.39, 0.29) is 0 Å². The standard InChI is InChI=1S/C11H20N4O/c1-4-15-11(10(12)7(2)14-15)13-8-5-9(6-8)16-3/h8-9,13H,4-6,12H2,1-3H3. The number of nitrogens with one attached hydrogen (secondary N) is 1. The topological polar surface area (TPSA) is 65.1 Å². The first-order valence-electron chi connectivity index (χ1n) is 5.77. The maximum absolute atomic E-state index is 6.00. The first-order valence-corrected chi connectivity index (χ1v) is 5.77. The maximum atomic E-state index is 6.00. The minimum atomic E-state index is 0.401. The molecule has 0 aliphatic heterocycles. The number of methoxy groups -OCH3 is 1. The molecule has 0 saturated heterocycles. The van der Waals surface area contributed by atoms with Gasteiger partial charge in [-0.25, -0.2) is 4.68 Å². The number of aromatic nitrogens is 2. The van der Waals surface area contributed by atoms with E-state index in [0.29, 0.717) is 12.1 Å². The molecule has 0 amide bonds. The van der Waals surface area contributed by atoms with Gasteiger partial charge in [0.1, 0.15) is 5.82 Å². The molecule has 1 aromatic rings. The lowest BCUT2D eigenvalue weighted by Crippen LogP contribution is -2.40. The van der Waals surface area contributed by atoms with Crippen molar-refractivity contribution in [3.05, 3.63) is 5.69 Å². The molecule has 90 valence electrons. The lowest BCUT2D eigenvalue weighted by Gasteiger charge is -2.35. The Labute approximate surface area is 96.0 Å². The van der Waals surface area contributed by atoms with Crippen molar-refractivity contribution >= 4 is 11.5 Å². The van der Waals surface area contributed by atoms with Crippen LogP contribution in [-0.4, -0.2) is 29.0 Å². The highest BCUT2D eigenvalue weighted by Crippen LogP contribution is 2.30. The summed E-state index contributed by atoms with van der Waals surface area (Å²) in [7, 11) is 1.76. The zero-order valence-electron chi connectivity index (χ0n) is 10.2. The van der Waals surface area contributed by atoms with E-state index < -0.39 is 0 Å². The highest BCUT2D eigenvalue weighted by molar-refractivity contribution is 5.65. The maximum Gasteiger partial charge on any atom is 0.148 e. The highest BCUT2D eigenvalue weighted by Gasteiger charge is 2.30. The summed E-state index contributed by atoms with van der Waals surface area (Å²) in [5, 5.41) is 7.82. The van der Waals surface area contributed by atoms with E-state index >= 15 is 0 Å². The van der Waals surface area contributed by atoms with Crippen LogP contribution in [0.1, 0.15) is 25.5 Å². The van der Waals surface area contributed by atoms with Crippen molar-refractivity contribution in [1.29, 1.82) is 0 Å². The fraction of sp³-hybridized carbons (Fsp3) is 0.727. The second-order valence-electron chi connectivity index (χ2n) is 4.33. The van der Waals surface area contributed by atoms with Crippen molar-refractivity contribution < 1.29 is 4.74 Å². The SMILES string of the molecule is CCn1nc(C)c(N)c1NC1CC(OC)C1. The van der Waals surface area contributed by atoms with Gasteiger partial charge in [-0.05, 0) is 26.7 Å². The van der Waals surface area contributed by atoms with Crippen molar-refractivity contribution in [2.45, 2.75) is 45.4 Å². The summed E-state index contributed by atoms with van der Waals surface area (Å²) in [6, 6.07) is 0.466. The van der Waals surface area contributed by atoms with Gasteiger partial charge in [0.05, 0.1) is 17.5 Å². The van der Waals surface area contributed by atoms with Crippen LogP contribution in [0.15, 0.2) is 0 Å². The van der Waals surface area contributed by atoms with Crippen LogP contribution in [0.3, 0.4) is 0 Å². The summed E-state index contributed by atoms with van der Waals surface area (Å²) in [6.45, 7) is 4.84. The van der Waals surface area contributed by atoms with Crippen LogP contribution in [0, 0.1) is 6.92 Å². The summed E-state index contributed by atoms with van der Waals surface area (Å²) in [6.07, 6.45) is 2.49. The smallest absolute Gasteiger partial charge is 0.148 e. The van der Waals surface area contributed by atoms with Crippen molar-refractivity contribution in [1.82, 2.24) is 9.78 Å². The van der Waals surface area contributed by atoms with E-state index in [9.17, 15) is 0 Å². The average molecular weight is 224 g/mol. The van der Waals surface area contributed by atoms with Crippen LogP contribution in [0.25, 0.3) is 0 Å². The van der Waals surface area contributed by atoms with Gasteiger partial charge in [0, 0.05) is 19.7 Å². The molecule has 1 aliphatic rings. The Morgan fingerprint density at radius 1 is 1.56 bits per heavy atom. The number of anilines is 2. The summed E-state index contributed by atoms with van der Waals surface area (Å²) in [4.78, 5) is 0. The molecule has 0 unspecified atom stereocenters. The number of aryl methyl sites for hydroxylation is 2. The van der Waals surface area contributed by atoms with E-state index in [4.69, 9.17) is 10.5 Å². The van der Waals surface area contributed by atoms with Gasteiger partial charge >= 0.3 is 0 Å². The summed E-state index contributed by atoms with van der Waals surface area (Å²) < 4.78 is 7.17. The van der Waals surface area contributed by atoms with Crippen molar-refractivity contribution in [2.24, 2.45) is 0 Å². The fourth-order valence-corrected chi connectivity index (χ4v) is 2.05. The number of nitrogen functional groups attached to an aromatic ring is 1. The molecule has 0 radical (unpaired) electrons. The molecule has 1 saturated carbocycles. The van der Waals surface area contributed by atoms with Gasteiger partial charge in [-0.2, -0.15) is 5.10 Å². The number of rotatable bonds is 4. The third-order valence-electron chi connectivity index (χ3n) is 3.24. The minimum Gasteiger partial charge on any atom is -0.394 e. The predicted octanol–water partition coefficient (Wildman–Crippen LogP) is 1.38. The van der Waals surface area contributed by atoms with Gasteiger partial charge in [0.15, 0.2) is 0 Å². The Bertz CT molecular complexity index is 368. The molecule has 3 N–H and O–H groups in total. The number of hydrogen-bond acceptors (Lipinski definition) is 4. The Morgan fingerprint density at radius 2 is 2.25 bits per heavy atom. The first-order chi connectivity index (χ1) is 7.65. The second kappa shape index (κ2) is 4.33. The van der Waals surface area contributed by atoms with Crippen LogP contribution in [0.5, 0.6) is 0 Å². The molecule has 0 spiro atoms. The van der Waals surface area contributed by atoms with Gasteiger partial charge in [-0.3, -0.25) is 0 Å². The molecule has 1 fully saturated rings. The van der Waals surface area contributed by atoms with Gasteiger partial charge < -0.3 is 15.8 Å². The van der Waals surface area contributed by atoms with E-state index in [0.717, 1.165) is 36.6 Å². The zero-order valence-corrected chi connectivity index (χ0v) is 10.2. The molecule has 1 aromatic heterocycles. The molecular formula is C11H20N4O. The number of nitrogens with two attached hydrogens (primary N) is 1. The monoisotopic (exact) mass is 224 g/mol. The molecular weight excluding hydrogens is 204 g/mol. The lowest BCUT2D eigenvalue weighted by atomic mass is 9.89. The van der Waals surface area contributed by atoms with Gasteiger partial charge in [0.25, 0.3) is 0 Å². The number of nitrogens with zero attached hydrogens (tertiary/aromatic N) is 2. The molecule has 0 atom stereocenters. The Kier molecular flexibility index (Phi) is 3.05. The number of hydrogen-bond donors (Lipinski definition) is 2. The van der Waals surface area contributed by atoms with Gasteiger partial charge in [0.2, 0.25) is 0 Å². The Hall–Kier alpha value is -1.23. The second-order valence-corrected chi connectivity index (χ2v) is 4.33. The van der Waals surface area contributed by atoms with Crippen LogP contribution in [0.2, 0.25) is 0 Å². The molecule has 16 heavy (non-hydrogen) atoms. The first kappa shape index (κ1) is 11.3. The zero-order chi connectivity index (χ0) is 11.7. The molecule has 1 aliphatic carbocycles. The van der Waals surface area contributed by atoms with E-state index in [1.54, 1.807) is 7.11 Å². The minimum absolute atomic E-state index is 0.401. The molecule has 5 heteroatoms. The summed E-state index contributed by atoms with van der Waals surface area (Å²) in [5.74, 6) is 0.958. The van der Waals surface area contributed by atoms with E-state index in [1.165, 1.54) is 0 Å². The van der Waals surface area contributed by atoms with E-state index in [2.05, 4.69) is 17.3 Å². The van der Waals surface area contributed by atoms with Crippen molar-refractivity contribution in [2.75, 3.05) is 18.2 Å². The van der Waals surface area contributed by atoms with Crippen LogP contribution in [0.4, 0.5) is 11.5 Å². The molecule has 0 bridgehead atoms. The van der Waals surface area contributed by atoms with Crippen LogP contribution in [-0.2, 0) is 11.3 Å². The van der Waals surface area contributed by atoms with Crippen molar-refractivity contribution in [3.63, 3.8) is 0 Å². The Balaban J connectivity index is 2.04. The fourth-order valence-electron chi connectivity index (χ4n) is 2.05. The molecule has 5 nitrogen and oxygen atoms in total. The molecule has 1 heterocycles. The van der Waals surface area contributed by atoms with Crippen molar-refractivity contribution in [3.8, 4) is 0 Å². The predicted molar refractivity (Wildman–Crippen MR) is 64.5 cm³/mol. The third kappa shape index (κ3) is 1.87. The summed E-state index contributed by atoms with van der Waals surface area (Å²) >= 11 is 0. The quantitative estimate of drug-likeness (QED) is 0.811. The van der Waals surface area contributed by atoms with Crippen LogP contribution >= 0.6 is 0 Å². The van der Waals surface area contributed by atoms with E-state index in [1.807, 2.05) is 11.6 Å². The van der Waals surface area contributed by atoms with Crippen LogP contribution < -0.4 is 11.1 Å². The third-order valence-corrected chi connectivity index (χ3v) is 3.24. The molecule has 2 rings (SSSR count). The number of ether oxygens (including phenoxy) is 1. The Morgan fingerprint density at radius 3 is 2.81 bits per heavy atom. The van der Waals surface area contributed by atoms with Gasteiger partial charge in [-0.1, -0.05) is 0 Å². The van der Waals surface area contributed by atoms with Gasteiger partial charge in [-0.15, -0.1) is 0 Å². The highest BCUT2D eigenvalue weighted by atomic mass is 16.5. The summed E-state index contributed by atoms with van der Waals surface area (Å²) in [5.41, 5.74) is 7.66. The molecule has 0 aromatic carbocycles. The largest absolute Gasteiger partial charge is 0.394 e. The lowest BCUT2D eigenvalue weighted by molar-refractivity contribution is 0.0327. The average Bonchev–Trinajstić information content (AvgIpc) is 2.49.